The minimum atomic E-state index is -0.524. The molecule has 0 aliphatic carbocycles. The minimum absolute atomic E-state index is 0.203. The Hall–Kier alpha value is -4.31. The summed E-state index contributed by atoms with van der Waals surface area (Å²) >= 11 is 1.46. The number of thiazole rings is 1. The number of hydrogen-bond acceptors (Lipinski definition) is 9. The summed E-state index contributed by atoms with van der Waals surface area (Å²) in [5.41, 5.74) is 3.94. The van der Waals surface area contributed by atoms with Crippen molar-refractivity contribution < 1.29 is 14.3 Å². The molecule has 0 radical (unpaired) electrons. The second-order valence-corrected chi connectivity index (χ2v) is 8.49. The van der Waals surface area contributed by atoms with Crippen LogP contribution < -0.4 is 10.1 Å². The number of rotatable bonds is 7. The Morgan fingerprint density at radius 1 is 1.11 bits per heavy atom. The van der Waals surface area contributed by atoms with Gasteiger partial charge in [-0.2, -0.15) is 4.98 Å². The molecule has 5 rings (SSSR count). The highest BCUT2D eigenvalue weighted by Crippen LogP contribution is 2.29. The lowest BCUT2D eigenvalue weighted by Crippen LogP contribution is -2.11. The molecule has 35 heavy (non-hydrogen) atoms. The maximum absolute atomic E-state index is 12.6. The van der Waals surface area contributed by atoms with E-state index in [1.54, 1.807) is 18.5 Å². The molecule has 9 nitrogen and oxygen atoms in total. The third-order valence-electron chi connectivity index (χ3n) is 5.24. The molecule has 0 amide bonds. The van der Waals surface area contributed by atoms with Crippen LogP contribution in [0.1, 0.15) is 22.8 Å². The molecule has 176 valence electrons. The zero-order valence-corrected chi connectivity index (χ0v) is 20.2. The fourth-order valence-corrected chi connectivity index (χ4v) is 4.41. The van der Waals surface area contributed by atoms with Crippen LogP contribution >= 0.6 is 11.3 Å². The molecule has 5 aromatic rings. The molecule has 10 heteroatoms. The summed E-state index contributed by atoms with van der Waals surface area (Å²) in [6.07, 6.45) is 1.46. The molecule has 3 heterocycles. The number of carbonyl (C=O) groups is 1. The highest BCUT2D eigenvalue weighted by atomic mass is 32.1. The van der Waals surface area contributed by atoms with Gasteiger partial charge in [-0.1, -0.05) is 35.9 Å². The first-order valence-electron chi connectivity index (χ1n) is 10.9. The average Bonchev–Trinajstić information content (AvgIpc) is 3.44. The fraction of sp³-hybridized carbons (Fsp3) is 0.160. The standard InChI is InChI=1S/C25H22N6O3S/c1-4-34-23(32)19-13-26-21(17-9-5-7-15(2)11-17)27-22(19)28-24-29-25-31(30-24)20(14-35-25)16-8-6-10-18(12-16)33-3/h5-14H,4H2,1-3H3,(H,26,27,28,30). The van der Waals surface area contributed by atoms with E-state index in [0.29, 0.717) is 16.7 Å². The Bertz CT molecular complexity index is 1530. The zero-order chi connectivity index (χ0) is 24.4. The van der Waals surface area contributed by atoms with Gasteiger partial charge in [0, 0.05) is 22.7 Å². The van der Waals surface area contributed by atoms with E-state index in [4.69, 9.17) is 9.47 Å². The molecule has 1 N–H and O–H groups in total. The molecule has 0 bridgehead atoms. The predicted octanol–water partition coefficient (Wildman–Crippen LogP) is 5.15. The predicted molar refractivity (Wildman–Crippen MR) is 134 cm³/mol. The van der Waals surface area contributed by atoms with Crippen molar-refractivity contribution in [2.45, 2.75) is 13.8 Å². The van der Waals surface area contributed by atoms with Gasteiger partial charge in [0.2, 0.25) is 10.9 Å². The van der Waals surface area contributed by atoms with E-state index in [9.17, 15) is 4.79 Å². The molecule has 0 atom stereocenters. The highest BCUT2D eigenvalue weighted by Gasteiger charge is 2.19. The lowest BCUT2D eigenvalue weighted by atomic mass is 10.1. The number of carbonyl (C=O) groups excluding carboxylic acids is 1. The number of anilines is 2. The quantitative estimate of drug-likeness (QED) is 0.315. The van der Waals surface area contributed by atoms with Gasteiger partial charge in [0.25, 0.3) is 0 Å². The van der Waals surface area contributed by atoms with Gasteiger partial charge in [0.1, 0.15) is 11.3 Å². The zero-order valence-electron chi connectivity index (χ0n) is 19.3. The van der Waals surface area contributed by atoms with E-state index in [0.717, 1.165) is 28.1 Å². The topological polar surface area (TPSA) is 104 Å². The number of esters is 1. The van der Waals surface area contributed by atoms with E-state index in [-0.39, 0.29) is 18.0 Å². The molecule has 0 saturated heterocycles. The normalized spacial score (nSPS) is 10.9. The largest absolute Gasteiger partial charge is 0.497 e. The summed E-state index contributed by atoms with van der Waals surface area (Å²) in [7, 11) is 1.63. The van der Waals surface area contributed by atoms with Crippen LogP contribution in [0.25, 0.3) is 27.6 Å². The first-order valence-corrected chi connectivity index (χ1v) is 11.8. The fourth-order valence-electron chi connectivity index (χ4n) is 3.58. The van der Waals surface area contributed by atoms with Crippen LogP contribution in [0.4, 0.5) is 11.8 Å². The van der Waals surface area contributed by atoms with E-state index < -0.39 is 5.97 Å². The van der Waals surface area contributed by atoms with Crippen molar-refractivity contribution in [3.8, 4) is 28.4 Å². The number of aromatic nitrogens is 5. The molecule has 0 saturated carbocycles. The number of methoxy groups -OCH3 is 1. The van der Waals surface area contributed by atoms with Gasteiger partial charge in [0.05, 0.1) is 19.4 Å². The number of nitrogens with zero attached hydrogens (tertiary/aromatic N) is 5. The van der Waals surface area contributed by atoms with Crippen LogP contribution in [-0.2, 0) is 4.74 Å². The summed E-state index contributed by atoms with van der Waals surface area (Å²) < 4.78 is 12.3. The summed E-state index contributed by atoms with van der Waals surface area (Å²) in [5.74, 6) is 1.28. The number of hydrogen-bond donors (Lipinski definition) is 1. The number of benzene rings is 2. The van der Waals surface area contributed by atoms with Crippen molar-refractivity contribution >= 4 is 34.0 Å². The van der Waals surface area contributed by atoms with Crippen molar-refractivity contribution in [3.05, 3.63) is 71.2 Å². The molecule has 0 spiro atoms. The van der Waals surface area contributed by atoms with Gasteiger partial charge in [-0.3, -0.25) is 0 Å². The third kappa shape index (κ3) is 4.56. The van der Waals surface area contributed by atoms with Gasteiger partial charge >= 0.3 is 5.97 Å². The van der Waals surface area contributed by atoms with Gasteiger partial charge < -0.3 is 14.8 Å². The Labute approximate surface area is 205 Å². The van der Waals surface area contributed by atoms with E-state index in [1.165, 1.54) is 17.5 Å². The second-order valence-electron chi connectivity index (χ2n) is 7.65. The summed E-state index contributed by atoms with van der Waals surface area (Å²) in [6, 6.07) is 15.6. The van der Waals surface area contributed by atoms with E-state index in [2.05, 4.69) is 25.4 Å². The molecule has 0 fully saturated rings. The molecule has 0 aliphatic heterocycles. The highest BCUT2D eigenvalue weighted by molar-refractivity contribution is 7.15. The van der Waals surface area contributed by atoms with Crippen LogP contribution in [0, 0.1) is 6.92 Å². The average molecular weight is 487 g/mol. The Kier molecular flexibility index (Phi) is 6.11. The Balaban J connectivity index is 1.53. The first kappa shape index (κ1) is 22.5. The number of ether oxygens (including phenoxy) is 2. The Morgan fingerprint density at radius 2 is 1.94 bits per heavy atom. The second kappa shape index (κ2) is 9.51. The monoisotopic (exact) mass is 486 g/mol. The van der Waals surface area contributed by atoms with Crippen LogP contribution in [0.5, 0.6) is 5.75 Å². The smallest absolute Gasteiger partial charge is 0.343 e. The first-order chi connectivity index (χ1) is 17.1. The van der Waals surface area contributed by atoms with Crippen LogP contribution in [0.2, 0.25) is 0 Å². The lowest BCUT2D eigenvalue weighted by molar-refractivity contribution is 0.0526. The van der Waals surface area contributed by atoms with Crippen molar-refractivity contribution in [3.63, 3.8) is 0 Å². The van der Waals surface area contributed by atoms with Gasteiger partial charge in [-0.25, -0.2) is 19.3 Å². The number of aryl methyl sites for hydroxylation is 1. The molecule has 0 unspecified atom stereocenters. The SMILES string of the molecule is CCOC(=O)c1cnc(-c2cccc(C)c2)nc1Nc1nc2scc(-c3cccc(OC)c3)n2n1. The van der Waals surface area contributed by atoms with Gasteiger partial charge in [-0.05, 0) is 32.0 Å². The molecular weight excluding hydrogens is 464 g/mol. The number of nitrogens with one attached hydrogen (secondary N) is 1. The van der Waals surface area contributed by atoms with Crippen LogP contribution in [0.15, 0.2) is 60.1 Å². The molecule has 3 aromatic heterocycles. The third-order valence-corrected chi connectivity index (χ3v) is 6.05. The Morgan fingerprint density at radius 3 is 2.74 bits per heavy atom. The van der Waals surface area contributed by atoms with Crippen molar-refractivity contribution in [1.29, 1.82) is 0 Å². The van der Waals surface area contributed by atoms with Crippen molar-refractivity contribution in [1.82, 2.24) is 24.6 Å². The molecule has 0 aliphatic rings. The van der Waals surface area contributed by atoms with Crippen molar-refractivity contribution in [2.24, 2.45) is 0 Å². The lowest BCUT2D eigenvalue weighted by Gasteiger charge is -2.10. The van der Waals surface area contributed by atoms with Crippen molar-refractivity contribution in [2.75, 3.05) is 19.0 Å². The van der Waals surface area contributed by atoms with Gasteiger partial charge in [0.15, 0.2) is 11.6 Å². The minimum Gasteiger partial charge on any atom is -0.497 e. The van der Waals surface area contributed by atoms with Crippen LogP contribution in [-0.4, -0.2) is 44.3 Å². The summed E-state index contributed by atoms with van der Waals surface area (Å²) in [6.45, 7) is 3.98. The molecule has 2 aromatic carbocycles. The van der Waals surface area contributed by atoms with Gasteiger partial charge in [-0.15, -0.1) is 16.4 Å². The maximum atomic E-state index is 12.6. The summed E-state index contributed by atoms with van der Waals surface area (Å²) in [5, 5.41) is 9.70. The van der Waals surface area contributed by atoms with Crippen LogP contribution in [0.3, 0.4) is 0 Å². The molecular formula is C25H22N6O3S. The number of fused-ring (bicyclic) bond motifs is 1. The van der Waals surface area contributed by atoms with E-state index >= 15 is 0 Å². The summed E-state index contributed by atoms with van der Waals surface area (Å²) in [4.78, 5) is 26.9. The van der Waals surface area contributed by atoms with E-state index in [1.807, 2.05) is 60.8 Å². The maximum Gasteiger partial charge on any atom is 0.343 e.